The Labute approximate surface area is 86.5 Å². The van der Waals surface area contributed by atoms with Crippen molar-refractivity contribution >= 4 is 11.6 Å². The molecule has 1 N–H and O–H groups in total. The molecular formula is C11H20ClN. The molecule has 1 saturated carbocycles. The van der Waals surface area contributed by atoms with E-state index in [9.17, 15) is 0 Å². The van der Waals surface area contributed by atoms with Crippen molar-refractivity contribution in [2.75, 3.05) is 6.54 Å². The van der Waals surface area contributed by atoms with E-state index in [0.29, 0.717) is 16.9 Å². The SMILES string of the molecule is C/C(=C\Cl)CNC1C(C)(C)C1(C)C. The summed E-state index contributed by atoms with van der Waals surface area (Å²) in [5, 5.41) is 3.54. The maximum absolute atomic E-state index is 5.60. The lowest BCUT2D eigenvalue weighted by atomic mass is 10.0. The van der Waals surface area contributed by atoms with Crippen molar-refractivity contribution in [3.63, 3.8) is 0 Å². The second-order valence-electron chi connectivity index (χ2n) is 5.21. The molecule has 76 valence electrons. The van der Waals surface area contributed by atoms with E-state index >= 15 is 0 Å². The highest BCUT2D eigenvalue weighted by Crippen LogP contribution is 2.62. The topological polar surface area (TPSA) is 12.0 Å². The zero-order chi connectivity index (χ0) is 10.3. The molecule has 0 aromatic carbocycles. The van der Waals surface area contributed by atoms with Gasteiger partial charge in [0.25, 0.3) is 0 Å². The van der Waals surface area contributed by atoms with Crippen LogP contribution in [0, 0.1) is 10.8 Å². The molecule has 2 heteroatoms. The molecule has 0 bridgehead atoms. The maximum Gasteiger partial charge on any atom is 0.0184 e. The van der Waals surface area contributed by atoms with E-state index in [0.717, 1.165) is 6.54 Å². The molecule has 1 aliphatic carbocycles. The Morgan fingerprint density at radius 3 is 2.08 bits per heavy atom. The van der Waals surface area contributed by atoms with Gasteiger partial charge in [0.15, 0.2) is 0 Å². The summed E-state index contributed by atoms with van der Waals surface area (Å²) in [5.74, 6) is 0. The number of nitrogens with one attached hydrogen (secondary N) is 1. The summed E-state index contributed by atoms with van der Waals surface area (Å²) < 4.78 is 0. The first-order valence-corrected chi connectivity index (χ1v) is 5.27. The minimum absolute atomic E-state index is 0.416. The normalized spacial score (nSPS) is 26.2. The quantitative estimate of drug-likeness (QED) is 0.740. The van der Waals surface area contributed by atoms with Crippen LogP contribution >= 0.6 is 11.6 Å². The molecule has 0 saturated heterocycles. The smallest absolute Gasteiger partial charge is 0.0184 e. The fourth-order valence-electron chi connectivity index (χ4n) is 2.01. The monoisotopic (exact) mass is 201 g/mol. The van der Waals surface area contributed by atoms with Gasteiger partial charge in [-0.1, -0.05) is 39.3 Å². The van der Waals surface area contributed by atoms with E-state index in [1.807, 2.05) is 6.92 Å². The first kappa shape index (κ1) is 11.1. The molecule has 0 heterocycles. The summed E-state index contributed by atoms with van der Waals surface area (Å²) >= 11 is 5.60. The average molecular weight is 202 g/mol. The summed E-state index contributed by atoms with van der Waals surface area (Å²) in [5.41, 5.74) is 3.68. The fourth-order valence-corrected chi connectivity index (χ4v) is 2.09. The van der Waals surface area contributed by atoms with Gasteiger partial charge in [0.2, 0.25) is 0 Å². The predicted octanol–water partition coefficient (Wildman–Crippen LogP) is 3.15. The van der Waals surface area contributed by atoms with Gasteiger partial charge in [-0.3, -0.25) is 0 Å². The van der Waals surface area contributed by atoms with Crippen LogP contribution in [0.2, 0.25) is 0 Å². The van der Waals surface area contributed by atoms with Crippen molar-refractivity contribution in [1.82, 2.24) is 5.32 Å². The highest BCUT2D eigenvalue weighted by Gasteiger charge is 2.64. The van der Waals surface area contributed by atoms with Crippen molar-refractivity contribution < 1.29 is 0 Å². The van der Waals surface area contributed by atoms with E-state index < -0.39 is 0 Å². The van der Waals surface area contributed by atoms with Crippen LogP contribution < -0.4 is 5.32 Å². The Morgan fingerprint density at radius 1 is 1.31 bits per heavy atom. The van der Waals surface area contributed by atoms with Gasteiger partial charge in [-0.15, -0.1) is 0 Å². The third-order valence-electron chi connectivity index (χ3n) is 3.79. The van der Waals surface area contributed by atoms with Crippen molar-refractivity contribution in [3.05, 3.63) is 11.1 Å². The van der Waals surface area contributed by atoms with Gasteiger partial charge in [-0.25, -0.2) is 0 Å². The lowest BCUT2D eigenvalue weighted by Crippen LogP contribution is -2.23. The van der Waals surface area contributed by atoms with E-state index in [1.165, 1.54) is 5.57 Å². The molecule has 0 unspecified atom stereocenters. The Kier molecular flexibility index (Phi) is 2.80. The molecular weight excluding hydrogens is 182 g/mol. The van der Waals surface area contributed by atoms with Gasteiger partial charge in [-0.2, -0.15) is 0 Å². The number of hydrogen-bond donors (Lipinski definition) is 1. The Balaban J connectivity index is 2.43. The Morgan fingerprint density at radius 2 is 1.77 bits per heavy atom. The first-order valence-electron chi connectivity index (χ1n) is 4.83. The predicted molar refractivity (Wildman–Crippen MR) is 59.0 cm³/mol. The summed E-state index contributed by atoms with van der Waals surface area (Å²) in [4.78, 5) is 0. The van der Waals surface area contributed by atoms with Gasteiger partial charge in [0, 0.05) is 18.1 Å². The molecule has 1 fully saturated rings. The summed E-state index contributed by atoms with van der Waals surface area (Å²) in [6.45, 7) is 12.2. The second-order valence-corrected chi connectivity index (χ2v) is 5.43. The van der Waals surface area contributed by atoms with Crippen molar-refractivity contribution in [2.45, 2.75) is 40.7 Å². The molecule has 0 aromatic rings. The summed E-state index contributed by atoms with van der Waals surface area (Å²) in [6.07, 6.45) is 0. The minimum atomic E-state index is 0.416. The van der Waals surface area contributed by atoms with Crippen molar-refractivity contribution in [2.24, 2.45) is 10.8 Å². The van der Waals surface area contributed by atoms with Crippen LogP contribution in [0.1, 0.15) is 34.6 Å². The van der Waals surface area contributed by atoms with Crippen LogP contribution in [0.5, 0.6) is 0 Å². The van der Waals surface area contributed by atoms with Crippen LogP contribution in [-0.4, -0.2) is 12.6 Å². The van der Waals surface area contributed by atoms with Crippen LogP contribution in [-0.2, 0) is 0 Å². The van der Waals surface area contributed by atoms with Gasteiger partial charge in [0.1, 0.15) is 0 Å². The van der Waals surface area contributed by atoms with E-state index in [4.69, 9.17) is 11.6 Å². The third kappa shape index (κ3) is 1.77. The molecule has 1 rings (SSSR count). The summed E-state index contributed by atoms with van der Waals surface area (Å²) in [6, 6.07) is 0.617. The molecule has 0 amide bonds. The van der Waals surface area contributed by atoms with Gasteiger partial charge in [0.05, 0.1) is 0 Å². The van der Waals surface area contributed by atoms with Crippen LogP contribution in [0.15, 0.2) is 11.1 Å². The zero-order valence-corrected chi connectivity index (χ0v) is 10.00. The third-order valence-corrected chi connectivity index (χ3v) is 4.16. The van der Waals surface area contributed by atoms with Gasteiger partial charge in [-0.05, 0) is 23.3 Å². The second kappa shape index (κ2) is 3.29. The van der Waals surface area contributed by atoms with E-state index in [2.05, 4.69) is 33.0 Å². The first-order chi connectivity index (χ1) is 5.84. The van der Waals surface area contributed by atoms with Crippen LogP contribution in [0.3, 0.4) is 0 Å². The van der Waals surface area contributed by atoms with Crippen LogP contribution in [0.4, 0.5) is 0 Å². The minimum Gasteiger partial charge on any atom is -0.309 e. The standard InChI is InChI=1S/C11H20ClN/c1-8(6-12)7-13-9-10(2,3)11(9,4)5/h6,9,13H,7H2,1-5H3/b8-6+. The number of hydrogen-bond acceptors (Lipinski definition) is 1. The molecule has 0 spiro atoms. The molecule has 0 atom stereocenters. The van der Waals surface area contributed by atoms with E-state index in [-0.39, 0.29) is 0 Å². The highest BCUT2D eigenvalue weighted by atomic mass is 35.5. The lowest BCUT2D eigenvalue weighted by Gasteiger charge is -2.05. The fraction of sp³-hybridized carbons (Fsp3) is 0.818. The number of halogens is 1. The lowest BCUT2D eigenvalue weighted by molar-refractivity contribution is 0.457. The molecule has 13 heavy (non-hydrogen) atoms. The zero-order valence-electron chi connectivity index (χ0n) is 9.24. The number of rotatable bonds is 3. The molecule has 1 aliphatic rings. The molecule has 0 radical (unpaired) electrons. The van der Waals surface area contributed by atoms with E-state index in [1.54, 1.807) is 5.54 Å². The summed E-state index contributed by atoms with van der Waals surface area (Å²) in [7, 11) is 0. The van der Waals surface area contributed by atoms with Gasteiger partial charge < -0.3 is 5.32 Å². The largest absolute Gasteiger partial charge is 0.309 e. The van der Waals surface area contributed by atoms with Crippen molar-refractivity contribution in [1.29, 1.82) is 0 Å². The van der Waals surface area contributed by atoms with Crippen LogP contribution in [0.25, 0.3) is 0 Å². The Bertz CT molecular complexity index is 214. The maximum atomic E-state index is 5.60. The molecule has 0 aromatic heterocycles. The van der Waals surface area contributed by atoms with Gasteiger partial charge >= 0.3 is 0 Å². The average Bonchev–Trinajstić information content (AvgIpc) is 2.40. The highest BCUT2D eigenvalue weighted by molar-refractivity contribution is 6.25. The van der Waals surface area contributed by atoms with Crippen molar-refractivity contribution in [3.8, 4) is 0 Å². The Hall–Kier alpha value is -0.0100. The molecule has 1 nitrogen and oxygen atoms in total. The molecule has 0 aliphatic heterocycles.